The predicted molar refractivity (Wildman–Crippen MR) is 62.0 cm³/mol. The van der Waals surface area contributed by atoms with Crippen molar-refractivity contribution in [3.63, 3.8) is 0 Å². The predicted octanol–water partition coefficient (Wildman–Crippen LogP) is 0.845. The molecule has 2 rings (SSSR count). The summed E-state index contributed by atoms with van der Waals surface area (Å²) >= 11 is 0. The fourth-order valence-corrected chi connectivity index (χ4v) is 4.19. The fourth-order valence-electron chi connectivity index (χ4n) is 2.31. The Bertz CT molecular complexity index is 424. The van der Waals surface area contributed by atoms with E-state index < -0.39 is 9.84 Å². The Labute approximate surface area is 95.9 Å². The van der Waals surface area contributed by atoms with Crippen molar-refractivity contribution in [2.24, 2.45) is 5.92 Å². The first-order valence-electron chi connectivity index (χ1n) is 5.49. The standard InChI is InChI=1S/C11H17NO3S/c1-12-11(6-9-2-4-15-7-9)10-3-5-16(13,14)8-10/h2,4,7,10-12H,3,5-6,8H2,1H3. The summed E-state index contributed by atoms with van der Waals surface area (Å²) in [6.45, 7) is 0. The molecule has 0 aromatic carbocycles. The minimum Gasteiger partial charge on any atom is -0.472 e. The van der Waals surface area contributed by atoms with Gasteiger partial charge in [-0.3, -0.25) is 0 Å². The second-order valence-electron chi connectivity index (χ2n) is 4.39. The number of furan rings is 1. The Balaban J connectivity index is 2.01. The van der Waals surface area contributed by atoms with Crippen molar-refractivity contribution in [2.75, 3.05) is 18.6 Å². The molecule has 1 aliphatic heterocycles. The maximum absolute atomic E-state index is 11.4. The van der Waals surface area contributed by atoms with Gasteiger partial charge in [0.1, 0.15) is 0 Å². The number of sulfone groups is 1. The number of hydrogen-bond acceptors (Lipinski definition) is 4. The Morgan fingerprint density at radius 2 is 2.44 bits per heavy atom. The van der Waals surface area contributed by atoms with Gasteiger partial charge < -0.3 is 9.73 Å². The second kappa shape index (κ2) is 4.59. The summed E-state index contributed by atoms with van der Waals surface area (Å²) in [7, 11) is -0.908. The Hall–Kier alpha value is -0.810. The van der Waals surface area contributed by atoms with Crippen LogP contribution in [0.1, 0.15) is 12.0 Å². The molecule has 4 nitrogen and oxygen atoms in total. The zero-order valence-corrected chi connectivity index (χ0v) is 10.2. The quantitative estimate of drug-likeness (QED) is 0.851. The van der Waals surface area contributed by atoms with Crippen molar-refractivity contribution in [3.05, 3.63) is 24.2 Å². The molecule has 1 aromatic rings. The summed E-state index contributed by atoms with van der Waals surface area (Å²) in [6, 6.07) is 2.14. The van der Waals surface area contributed by atoms with Crippen LogP contribution in [0.15, 0.2) is 23.0 Å². The van der Waals surface area contributed by atoms with E-state index >= 15 is 0 Å². The van der Waals surface area contributed by atoms with Crippen molar-refractivity contribution >= 4 is 9.84 Å². The lowest BCUT2D eigenvalue weighted by atomic mass is 9.94. The zero-order chi connectivity index (χ0) is 11.6. The topological polar surface area (TPSA) is 59.3 Å². The Kier molecular flexibility index (Phi) is 3.35. The first kappa shape index (κ1) is 11.7. The van der Waals surface area contributed by atoms with Gasteiger partial charge in [0.15, 0.2) is 9.84 Å². The number of likely N-dealkylation sites (N-methyl/N-ethyl adjacent to an activating group) is 1. The van der Waals surface area contributed by atoms with E-state index in [0.717, 1.165) is 18.4 Å². The van der Waals surface area contributed by atoms with E-state index in [1.807, 2.05) is 13.1 Å². The molecule has 0 bridgehead atoms. The monoisotopic (exact) mass is 243 g/mol. The van der Waals surface area contributed by atoms with E-state index in [4.69, 9.17) is 4.42 Å². The van der Waals surface area contributed by atoms with Crippen LogP contribution in [-0.2, 0) is 16.3 Å². The molecule has 1 fully saturated rings. The van der Waals surface area contributed by atoms with Gasteiger partial charge >= 0.3 is 0 Å². The molecular weight excluding hydrogens is 226 g/mol. The summed E-state index contributed by atoms with van der Waals surface area (Å²) in [5, 5.41) is 3.21. The van der Waals surface area contributed by atoms with Crippen LogP contribution in [0.25, 0.3) is 0 Å². The molecule has 1 aromatic heterocycles. The molecular formula is C11H17NO3S. The van der Waals surface area contributed by atoms with Crippen LogP contribution in [0.2, 0.25) is 0 Å². The molecule has 1 N–H and O–H groups in total. The van der Waals surface area contributed by atoms with Gasteiger partial charge in [-0.05, 0) is 37.4 Å². The van der Waals surface area contributed by atoms with E-state index in [1.54, 1.807) is 12.5 Å². The van der Waals surface area contributed by atoms with Gasteiger partial charge in [0.05, 0.1) is 24.0 Å². The highest BCUT2D eigenvalue weighted by atomic mass is 32.2. The van der Waals surface area contributed by atoms with E-state index in [0.29, 0.717) is 11.5 Å². The SMILES string of the molecule is CNC(Cc1ccoc1)C1CCS(=O)(=O)C1. The minimum atomic E-state index is -2.79. The van der Waals surface area contributed by atoms with Crippen LogP contribution in [0, 0.1) is 5.92 Å². The van der Waals surface area contributed by atoms with Gasteiger partial charge in [-0.1, -0.05) is 0 Å². The minimum absolute atomic E-state index is 0.217. The maximum Gasteiger partial charge on any atom is 0.150 e. The molecule has 2 unspecified atom stereocenters. The van der Waals surface area contributed by atoms with Crippen molar-refractivity contribution in [3.8, 4) is 0 Å². The lowest BCUT2D eigenvalue weighted by molar-refractivity contribution is 0.401. The molecule has 1 saturated heterocycles. The van der Waals surface area contributed by atoms with E-state index in [9.17, 15) is 8.42 Å². The molecule has 0 radical (unpaired) electrons. The molecule has 2 atom stereocenters. The smallest absolute Gasteiger partial charge is 0.150 e. The van der Waals surface area contributed by atoms with Gasteiger partial charge in [0, 0.05) is 6.04 Å². The van der Waals surface area contributed by atoms with Crippen molar-refractivity contribution in [2.45, 2.75) is 18.9 Å². The van der Waals surface area contributed by atoms with Crippen LogP contribution in [0.3, 0.4) is 0 Å². The summed E-state index contributed by atoms with van der Waals surface area (Å²) in [4.78, 5) is 0. The van der Waals surface area contributed by atoms with Gasteiger partial charge in [0.2, 0.25) is 0 Å². The normalized spacial score (nSPS) is 25.7. The lowest BCUT2D eigenvalue weighted by Gasteiger charge is -2.21. The van der Waals surface area contributed by atoms with Crippen LogP contribution in [-0.4, -0.2) is 33.0 Å². The van der Waals surface area contributed by atoms with E-state index in [2.05, 4.69) is 5.32 Å². The summed E-state index contributed by atoms with van der Waals surface area (Å²) in [5.74, 6) is 0.877. The third kappa shape index (κ3) is 2.65. The van der Waals surface area contributed by atoms with E-state index in [-0.39, 0.29) is 12.0 Å². The summed E-state index contributed by atoms with van der Waals surface area (Å²) in [6.07, 6.45) is 4.96. The molecule has 5 heteroatoms. The molecule has 1 aliphatic rings. The summed E-state index contributed by atoms with van der Waals surface area (Å²) in [5.41, 5.74) is 1.11. The lowest BCUT2D eigenvalue weighted by Crippen LogP contribution is -2.36. The largest absolute Gasteiger partial charge is 0.472 e. The first-order chi connectivity index (χ1) is 7.61. The highest BCUT2D eigenvalue weighted by Gasteiger charge is 2.33. The van der Waals surface area contributed by atoms with Gasteiger partial charge in [-0.25, -0.2) is 8.42 Å². The molecule has 90 valence electrons. The van der Waals surface area contributed by atoms with Crippen LogP contribution in [0.4, 0.5) is 0 Å². The van der Waals surface area contributed by atoms with Gasteiger partial charge in [-0.2, -0.15) is 0 Å². The van der Waals surface area contributed by atoms with Gasteiger partial charge in [0.25, 0.3) is 0 Å². The molecule has 16 heavy (non-hydrogen) atoms. The summed E-state index contributed by atoms with van der Waals surface area (Å²) < 4.78 is 27.9. The number of hydrogen-bond donors (Lipinski definition) is 1. The van der Waals surface area contributed by atoms with Crippen molar-refractivity contribution in [1.29, 1.82) is 0 Å². The van der Waals surface area contributed by atoms with Crippen LogP contribution >= 0.6 is 0 Å². The third-order valence-corrected chi connectivity index (χ3v) is 5.04. The molecule has 0 spiro atoms. The first-order valence-corrected chi connectivity index (χ1v) is 7.31. The maximum atomic E-state index is 11.4. The highest BCUT2D eigenvalue weighted by molar-refractivity contribution is 7.91. The average molecular weight is 243 g/mol. The Morgan fingerprint density at radius 1 is 1.62 bits per heavy atom. The molecule has 2 heterocycles. The highest BCUT2D eigenvalue weighted by Crippen LogP contribution is 2.23. The zero-order valence-electron chi connectivity index (χ0n) is 9.35. The van der Waals surface area contributed by atoms with Crippen LogP contribution in [0.5, 0.6) is 0 Å². The Morgan fingerprint density at radius 3 is 2.94 bits per heavy atom. The average Bonchev–Trinajstić information content (AvgIpc) is 2.83. The van der Waals surface area contributed by atoms with Crippen LogP contribution < -0.4 is 5.32 Å². The van der Waals surface area contributed by atoms with E-state index in [1.165, 1.54) is 0 Å². The third-order valence-electron chi connectivity index (χ3n) is 3.24. The van der Waals surface area contributed by atoms with Gasteiger partial charge in [-0.15, -0.1) is 0 Å². The molecule has 0 aliphatic carbocycles. The van der Waals surface area contributed by atoms with Crippen molar-refractivity contribution in [1.82, 2.24) is 5.32 Å². The number of rotatable bonds is 4. The molecule has 0 amide bonds. The van der Waals surface area contributed by atoms with Crippen molar-refractivity contribution < 1.29 is 12.8 Å². The second-order valence-corrected chi connectivity index (χ2v) is 6.62. The number of nitrogens with one attached hydrogen (secondary N) is 1. The molecule has 0 saturated carbocycles. The fraction of sp³-hybridized carbons (Fsp3) is 0.636.